The number of sulfonamides is 1. The van der Waals surface area contributed by atoms with Crippen LogP contribution >= 0.6 is 0 Å². The minimum absolute atomic E-state index is 0.101. The SMILES string of the molecule is N#CC(c1ccccc1)N1CCN(S(=O)(=O)c2cccc(C(F)(F)F)c2)CC1. The summed E-state index contributed by atoms with van der Waals surface area (Å²) in [5, 5.41) is 9.51. The predicted molar refractivity (Wildman–Crippen MR) is 96.6 cm³/mol. The van der Waals surface area contributed by atoms with E-state index in [0.29, 0.717) is 19.2 Å². The molecule has 1 aliphatic rings. The molecular weight excluding hydrogens is 391 g/mol. The second-order valence-corrected chi connectivity index (χ2v) is 8.35. The van der Waals surface area contributed by atoms with Gasteiger partial charge in [-0.25, -0.2) is 8.42 Å². The maximum absolute atomic E-state index is 12.9. The van der Waals surface area contributed by atoms with Crippen LogP contribution in [0.3, 0.4) is 0 Å². The number of nitrogens with zero attached hydrogens (tertiary/aromatic N) is 3. The first-order valence-electron chi connectivity index (χ1n) is 8.59. The molecule has 2 aromatic rings. The molecule has 2 aromatic carbocycles. The Bertz CT molecular complexity index is 964. The maximum atomic E-state index is 12.9. The van der Waals surface area contributed by atoms with E-state index in [4.69, 9.17) is 0 Å². The van der Waals surface area contributed by atoms with Crippen LogP contribution in [0.25, 0.3) is 0 Å². The highest BCUT2D eigenvalue weighted by Gasteiger charge is 2.35. The van der Waals surface area contributed by atoms with Gasteiger partial charge in [0.2, 0.25) is 10.0 Å². The molecule has 0 bridgehead atoms. The van der Waals surface area contributed by atoms with E-state index in [1.165, 1.54) is 10.4 Å². The van der Waals surface area contributed by atoms with Crippen LogP contribution in [0.2, 0.25) is 0 Å². The zero-order valence-corrected chi connectivity index (χ0v) is 15.6. The van der Waals surface area contributed by atoms with Gasteiger partial charge in [0.05, 0.1) is 16.5 Å². The molecule has 0 saturated carbocycles. The van der Waals surface area contributed by atoms with Gasteiger partial charge in [0, 0.05) is 26.2 Å². The number of rotatable bonds is 4. The number of piperazine rings is 1. The molecule has 1 aliphatic heterocycles. The molecule has 0 N–H and O–H groups in total. The van der Waals surface area contributed by atoms with Gasteiger partial charge < -0.3 is 0 Å². The van der Waals surface area contributed by atoms with Crippen LogP contribution < -0.4 is 0 Å². The van der Waals surface area contributed by atoms with Gasteiger partial charge in [-0.1, -0.05) is 36.4 Å². The van der Waals surface area contributed by atoms with E-state index < -0.39 is 27.8 Å². The lowest BCUT2D eigenvalue weighted by atomic mass is 10.1. The molecule has 1 atom stereocenters. The van der Waals surface area contributed by atoms with Gasteiger partial charge in [0.1, 0.15) is 6.04 Å². The molecule has 0 radical (unpaired) electrons. The highest BCUT2D eigenvalue weighted by atomic mass is 32.2. The minimum Gasteiger partial charge on any atom is -0.282 e. The van der Waals surface area contributed by atoms with E-state index in [1.807, 2.05) is 35.2 Å². The average Bonchev–Trinajstić information content (AvgIpc) is 2.69. The summed E-state index contributed by atoms with van der Waals surface area (Å²) in [4.78, 5) is 1.49. The molecule has 148 valence electrons. The van der Waals surface area contributed by atoms with Crippen molar-refractivity contribution in [1.29, 1.82) is 5.26 Å². The number of hydrogen-bond acceptors (Lipinski definition) is 4. The molecule has 1 fully saturated rings. The first-order valence-corrected chi connectivity index (χ1v) is 10.0. The van der Waals surface area contributed by atoms with E-state index in [1.54, 1.807) is 0 Å². The number of nitriles is 1. The quantitative estimate of drug-likeness (QED) is 0.778. The topological polar surface area (TPSA) is 64.4 Å². The van der Waals surface area contributed by atoms with Gasteiger partial charge in [0.15, 0.2) is 0 Å². The summed E-state index contributed by atoms with van der Waals surface area (Å²) in [5.74, 6) is 0. The van der Waals surface area contributed by atoms with E-state index in [-0.39, 0.29) is 18.0 Å². The Morgan fingerprint density at radius 1 is 0.964 bits per heavy atom. The van der Waals surface area contributed by atoms with Crippen molar-refractivity contribution in [2.24, 2.45) is 0 Å². The summed E-state index contributed by atoms with van der Waals surface area (Å²) < 4.78 is 65.4. The Morgan fingerprint density at radius 3 is 2.18 bits per heavy atom. The molecule has 1 unspecified atom stereocenters. The fraction of sp³-hybridized carbons (Fsp3) is 0.316. The summed E-state index contributed by atoms with van der Waals surface area (Å²) in [7, 11) is -4.04. The third kappa shape index (κ3) is 4.19. The molecule has 1 saturated heterocycles. The van der Waals surface area contributed by atoms with Crippen molar-refractivity contribution < 1.29 is 21.6 Å². The Kier molecular flexibility index (Phi) is 5.74. The summed E-state index contributed by atoms with van der Waals surface area (Å²) >= 11 is 0. The second-order valence-electron chi connectivity index (χ2n) is 6.41. The molecule has 0 amide bonds. The summed E-state index contributed by atoms with van der Waals surface area (Å²) in [6, 6.07) is 14.6. The van der Waals surface area contributed by atoms with Crippen molar-refractivity contribution in [2.75, 3.05) is 26.2 Å². The smallest absolute Gasteiger partial charge is 0.282 e. The van der Waals surface area contributed by atoms with Crippen LogP contribution in [0.1, 0.15) is 17.2 Å². The standard InChI is InChI=1S/C19H18F3N3O2S/c20-19(21,22)16-7-4-8-17(13-16)28(26,27)25-11-9-24(10-12-25)18(14-23)15-5-2-1-3-6-15/h1-8,13,18H,9-12H2. The molecule has 5 nitrogen and oxygen atoms in total. The molecule has 0 aromatic heterocycles. The Hall–Kier alpha value is -2.41. The Morgan fingerprint density at radius 2 is 1.61 bits per heavy atom. The van der Waals surface area contributed by atoms with Crippen molar-refractivity contribution >= 4 is 10.0 Å². The Labute approximate surface area is 161 Å². The molecule has 0 spiro atoms. The lowest BCUT2D eigenvalue weighted by Crippen LogP contribution is -2.49. The molecule has 9 heteroatoms. The van der Waals surface area contributed by atoms with Gasteiger partial charge in [-0.05, 0) is 23.8 Å². The Balaban J connectivity index is 1.75. The lowest BCUT2D eigenvalue weighted by Gasteiger charge is -2.36. The molecule has 3 rings (SSSR count). The third-order valence-electron chi connectivity index (χ3n) is 4.68. The fourth-order valence-corrected chi connectivity index (χ4v) is 4.66. The summed E-state index contributed by atoms with van der Waals surface area (Å²) in [6.07, 6.45) is -4.61. The lowest BCUT2D eigenvalue weighted by molar-refractivity contribution is -0.137. The number of alkyl halides is 3. The van der Waals surface area contributed by atoms with Crippen LogP contribution in [0.4, 0.5) is 13.2 Å². The van der Waals surface area contributed by atoms with E-state index >= 15 is 0 Å². The van der Waals surface area contributed by atoms with Gasteiger partial charge in [0.25, 0.3) is 0 Å². The van der Waals surface area contributed by atoms with Gasteiger partial charge >= 0.3 is 6.18 Å². The van der Waals surface area contributed by atoms with Gasteiger partial charge in [-0.3, -0.25) is 4.90 Å². The second kappa shape index (κ2) is 7.91. The van der Waals surface area contributed by atoms with Gasteiger partial charge in [-0.15, -0.1) is 0 Å². The molecule has 0 aliphatic carbocycles. The summed E-state index contributed by atoms with van der Waals surface area (Å²) in [5.41, 5.74) is -0.181. The van der Waals surface area contributed by atoms with Crippen LogP contribution in [0.5, 0.6) is 0 Å². The van der Waals surface area contributed by atoms with Gasteiger partial charge in [-0.2, -0.15) is 22.7 Å². The normalized spacial score (nSPS) is 17.8. The first-order chi connectivity index (χ1) is 13.2. The van der Waals surface area contributed by atoms with Crippen LogP contribution in [0.15, 0.2) is 59.5 Å². The van der Waals surface area contributed by atoms with E-state index in [0.717, 1.165) is 17.7 Å². The molecular formula is C19H18F3N3O2S. The van der Waals surface area contributed by atoms with Crippen molar-refractivity contribution in [2.45, 2.75) is 17.1 Å². The molecule has 1 heterocycles. The van der Waals surface area contributed by atoms with Crippen molar-refractivity contribution in [3.05, 3.63) is 65.7 Å². The third-order valence-corrected chi connectivity index (χ3v) is 6.57. The highest BCUT2D eigenvalue weighted by molar-refractivity contribution is 7.89. The van der Waals surface area contributed by atoms with Crippen molar-refractivity contribution in [1.82, 2.24) is 9.21 Å². The van der Waals surface area contributed by atoms with Crippen LogP contribution in [-0.4, -0.2) is 43.8 Å². The van der Waals surface area contributed by atoms with E-state index in [9.17, 15) is 26.9 Å². The maximum Gasteiger partial charge on any atom is 0.416 e. The monoisotopic (exact) mass is 409 g/mol. The molecule has 28 heavy (non-hydrogen) atoms. The summed E-state index contributed by atoms with van der Waals surface area (Å²) in [6.45, 7) is 0.823. The average molecular weight is 409 g/mol. The van der Waals surface area contributed by atoms with Crippen LogP contribution in [-0.2, 0) is 16.2 Å². The highest BCUT2D eigenvalue weighted by Crippen LogP contribution is 2.31. The predicted octanol–water partition coefficient (Wildman–Crippen LogP) is 3.28. The first kappa shape index (κ1) is 20.3. The zero-order valence-electron chi connectivity index (χ0n) is 14.8. The minimum atomic E-state index is -4.61. The van der Waals surface area contributed by atoms with Crippen molar-refractivity contribution in [3.63, 3.8) is 0 Å². The number of benzene rings is 2. The van der Waals surface area contributed by atoms with Crippen molar-refractivity contribution in [3.8, 4) is 6.07 Å². The van der Waals surface area contributed by atoms with E-state index in [2.05, 4.69) is 6.07 Å². The van der Waals surface area contributed by atoms with Crippen LogP contribution in [0, 0.1) is 11.3 Å². The largest absolute Gasteiger partial charge is 0.416 e. The zero-order chi connectivity index (χ0) is 20.4. The number of hydrogen-bond donors (Lipinski definition) is 0. The fourth-order valence-electron chi connectivity index (χ4n) is 3.19. The number of halogens is 3.